The molecule has 0 spiro atoms. The zero-order valence-electron chi connectivity index (χ0n) is 19.5. The van der Waals surface area contributed by atoms with Crippen LogP contribution < -0.4 is 9.64 Å². The van der Waals surface area contributed by atoms with Crippen molar-refractivity contribution in [3.63, 3.8) is 0 Å². The molecule has 4 rings (SSSR count). The summed E-state index contributed by atoms with van der Waals surface area (Å²) in [5, 5.41) is 0.590. The fraction of sp³-hybridized carbons (Fsp3) is 0.417. The van der Waals surface area contributed by atoms with Crippen LogP contribution in [0.1, 0.15) is 12.8 Å². The Kier molecular flexibility index (Phi) is 8.77. The minimum atomic E-state index is -3.61. The van der Waals surface area contributed by atoms with E-state index in [1.54, 1.807) is 17.0 Å². The van der Waals surface area contributed by atoms with Gasteiger partial charge in [0.15, 0.2) is 15.0 Å². The maximum atomic E-state index is 13.3. The molecule has 2 aromatic carbocycles. The van der Waals surface area contributed by atoms with Crippen molar-refractivity contribution in [2.24, 2.45) is 0 Å². The first kappa shape index (κ1) is 26.0. The lowest BCUT2D eigenvalue weighted by Crippen LogP contribution is -2.39. The number of rotatable bonds is 10. The molecule has 0 N–H and O–H groups in total. The number of fused-ring (bicyclic) bond motifs is 1. The lowest BCUT2D eigenvalue weighted by atomic mass is 10.3. The van der Waals surface area contributed by atoms with Crippen LogP contribution >= 0.6 is 27.3 Å². The molecule has 1 saturated heterocycles. The summed E-state index contributed by atoms with van der Waals surface area (Å²) in [5.41, 5.74) is 0.810. The quantitative estimate of drug-likeness (QED) is 0.357. The molecule has 11 heteroatoms. The van der Waals surface area contributed by atoms with Gasteiger partial charge in [-0.2, -0.15) is 0 Å². The van der Waals surface area contributed by atoms with Crippen molar-refractivity contribution in [3.8, 4) is 5.75 Å². The number of benzene rings is 2. The second-order valence-electron chi connectivity index (χ2n) is 8.21. The molecule has 8 nitrogen and oxygen atoms in total. The van der Waals surface area contributed by atoms with Crippen LogP contribution in [0.3, 0.4) is 0 Å². The zero-order chi connectivity index (χ0) is 24.8. The van der Waals surface area contributed by atoms with E-state index in [4.69, 9.17) is 9.47 Å². The fourth-order valence-corrected chi connectivity index (χ4v) is 6.65. The van der Waals surface area contributed by atoms with Gasteiger partial charge in [-0.15, -0.1) is 0 Å². The minimum absolute atomic E-state index is 0.120. The third kappa shape index (κ3) is 6.79. The van der Waals surface area contributed by atoms with Gasteiger partial charge in [0, 0.05) is 37.1 Å². The molecule has 1 fully saturated rings. The molecule has 35 heavy (non-hydrogen) atoms. The van der Waals surface area contributed by atoms with Crippen LogP contribution in [0, 0.1) is 0 Å². The molecule has 1 amide bonds. The van der Waals surface area contributed by atoms with Crippen molar-refractivity contribution in [3.05, 3.63) is 46.9 Å². The topological polar surface area (TPSA) is 89.0 Å². The minimum Gasteiger partial charge on any atom is -0.497 e. The molecule has 0 bridgehead atoms. The van der Waals surface area contributed by atoms with Gasteiger partial charge in [-0.1, -0.05) is 27.3 Å². The number of amides is 1. The van der Waals surface area contributed by atoms with Crippen LogP contribution in [0.4, 0.5) is 5.13 Å². The molecule has 0 saturated carbocycles. The Balaban J connectivity index is 1.47. The Hall–Kier alpha value is -2.05. The molecule has 0 atom stereocenters. The Bertz CT molecular complexity index is 1260. The fourth-order valence-electron chi connectivity index (χ4n) is 3.86. The lowest BCUT2D eigenvalue weighted by molar-refractivity contribution is -0.118. The van der Waals surface area contributed by atoms with Crippen LogP contribution in [0.5, 0.6) is 5.75 Å². The van der Waals surface area contributed by atoms with Crippen LogP contribution in [0.15, 0.2) is 51.8 Å². The third-order valence-electron chi connectivity index (χ3n) is 5.83. The summed E-state index contributed by atoms with van der Waals surface area (Å²) in [5.74, 6) is 0.0605. The first-order chi connectivity index (χ1) is 16.9. The van der Waals surface area contributed by atoms with Gasteiger partial charge in [0.05, 0.1) is 41.2 Å². The molecule has 0 radical (unpaired) electrons. The number of anilines is 1. The maximum Gasteiger partial charge on any atom is 0.229 e. The zero-order valence-corrected chi connectivity index (χ0v) is 22.7. The van der Waals surface area contributed by atoms with Gasteiger partial charge in [-0.25, -0.2) is 13.4 Å². The number of carbonyl (C=O) groups is 1. The monoisotopic (exact) mass is 581 g/mol. The number of carbonyl (C=O) groups excluding carboxylic acids is 1. The van der Waals surface area contributed by atoms with Crippen molar-refractivity contribution in [1.29, 1.82) is 0 Å². The maximum absolute atomic E-state index is 13.3. The number of nitrogens with zero attached hydrogens (tertiary/aromatic N) is 3. The van der Waals surface area contributed by atoms with Crippen LogP contribution in [0.25, 0.3) is 10.2 Å². The van der Waals surface area contributed by atoms with Crippen LogP contribution in [-0.2, 0) is 19.4 Å². The summed E-state index contributed by atoms with van der Waals surface area (Å²) >= 11 is 4.91. The predicted octanol–water partition coefficient (Wildman–Crippen LogP) is 3.99. The summed E-state index contributed by atoms with van der Waals surface area (Å²) in [6.07, 6.45) is 0.641. The Morgan fingerprint density at radius 1 is 1.20 bits per heavy atom. The Labute approximate surface area is 217 Å². The number of thiazole rings is 1. The van der Waals surface area contributed by atoms with E-state index in [9.17, 15) is 13.2 Å². The van der Waals surface area contributed by atoms with Gasteiger partial charge < -0.3 is 9.47 Å². The number of morpholine rings is 1. The van der Waals surface area contributed by atoms with Gasteiger partial charge in [0.25, 0.3) is 0 Å². The molecule has 1 aliphatic heterocycles. The van der Waals surface area contributed by atoms with E-state index in [1.807, 2.05) is 18.2 Å². The van der Waals surface area contributed by atoms with E-state index < -0.39 is 9.84 Å². The average molecular weight is 583 g/mol. The second-order valence-corrected chi connectivity index (χ2v) is 12.2. The molecule has 0 unspecified atom stereocenters. The van der Waals surface area contributed by atoms with Gasteiger partial charge >= 0.3 is 0 Å². The average Bonchev–Trinajstić information content (AvgIpc) is 3.28. The highest BCUT2D eigenvalue weighted by atomic mass is 79.9. The second kappa shape index (κ2) is 11.8. The number of ether oxygens (including phenoxy) is 2. The number of hydrogen-bond acceptors (Lipinski definition) is 8. The van der Waals surface area contributed by atoms with E-state index in [0.29, 0.717) is 17.4 Å². The summed E-state index contributed by atoms with van der Waals surface area (Å²) in [7, 11) is -2.09. The molecule has 2 heterocycles. The van der Waals surface area contributed by atoms with Crippen LogP contribution in [-0.4, -0.2) is 76.5 Å². The Morgan fingerprint density at radius 2 is 1.94 bits per heavy atom. The van der Waals surface area contributed by atoms with Crippen molar-refractivity contribution in [2.75, 3.05) is 57.2 Å². The SMILES string of the molecule is COc1ccc(S(=O)(=O)CCC(=O)N(CCCN2CCOCC2)c2nc3ccc(Br)cc3s2)cc1. The van der Waals surface area contributed by atoms with Crippen molar-refractivity contribution in [2.45, 2.75) is 17.7 Å². The molecule has 1 aromatic heterocycles. The van der Waals surface area contributed by atoms with Gasteiger partial charge in [-0.3, -0.25) is 14.6 Å². The number of hydrogen-bond donors (Lipinski definition) is 0. The van der Waals surface area contributed by atoms with Crippen molar-refractivity contribution >= 4 is 58.4 Å². The standard InChI is InChI=1S/C24H28BrN3O5S2/c1-32-19-4-6-20(7-5-19)35(30,31)16-9-23(29)28(11-2-10-27-12-14-33-15-13-27)24-26-21-8-3-18(25)17-22(21)34-24/h3-8,17H,2,9-16H2,1H3. The normalized spacial score (nSPS) is 14.8. The lowest BCUT2D eigenvalue weighted by Gasteiger charge is -2.27. The number of methoxy groups -OCH3 is 1. The van der Waals surface area contributed by atoms with E-state index >= 15 is 0 Å². The summed E-state index contributed by atoms with van der Waals surface area (Å²) < 4.78 is 38.1. The summed E-state index contributed by atoms with van der Waals surface area (Å²) in [6, 6.07) is 12.0. The smallest absolute Gasteiger partial charge is 0.229 e. The number of halogens is 1. The highest BCUT2D eigenvalue weighted by Gasteiger charge is 2.24. The first-order valence-corrected chi connectivity index (χ1v) is 14.7. The molecule has 1 aliphatic rings. The Morgan fingerprint density at radius 3 is 2.66 bits per heavy atom. The largest absolute Gasteiger partial charge is 0.497 e. The first-order valence-electron chi connectivity index (χ1n) is 11.4. The molecular formula is C24H28BrN3O5S2. The van der Waals surface area contributed by atoms with Gasteiger partial charge in [0.2, 0.25) is 5.91 Å². The van der Waals surface area contributed by atoms with Crippen molar-refractivity contribution in [1.82, 2.24) is 9.88 Å². The molecule has 188 valence electrons. The molecule has 3 aromatic rings. The highest BCUT2D eigenvalue weighted by Crippen LogP contribution is 2.31. The molecule has 0 aliphatic carbocycles. The third-order valence-corrected chi connectivity index (χ3v) is 9.10. The van der Waals surface area contributed by atoms with Gasteiger partial charge in [0.1, 0.15) is 5.75 Å². The van der Waals surface area contributed by atoms with E-state index in [0.717, 1.165) is 54.0 Å². The predicted molar refractivity (Wildman–Crippen MR) is 141 cm³/mol. The summed E-state index contributed by atoms with van der Waals surface area (Å²) in [6.45, 7) is 4.51. The number of sulfone groups is 1. The van der Waals surface area contributed by atoms with Gasteiger partial charge in [-0.05, 0) is 48.9 Å². The highest BCUT2D eigenvalue weighted by molar-refractivity contribution is 9.10. The van der Waals surface area contributed by atoms with Crippen LogP contribution in [0.2, 0.25) is 0 Å². The summed E-state index contributed by atoms with van der Waals surface area (Å²) in [4.78, 5) is 22.1. The number of aromatic nitrogens is 1. The molecular weight excluding hydrogens is 554 g/mol. The van der Waals surface area contributed by atoms with E-state index in [2.05, 4.69) is 25.8 Å². The van der Waals surface area contributed by atoms with Crippen molar-refractivity contribution < 1.29 is 22.7 Å². The van der Waals surface area contributed by atoms with E-state index in [1.165, 1.54) is 30.6 Å². The van der Waals surface area contributed by atoms with E-state index in [-0.39, 0.29) is 23.0 Å².